The van der Waals surface area contributed by atoms with Crippen molar-refractivity contribution >= 4 is 70.5 Å². The van der Waals surface area contributed by atoms with Crippen molar-refractivity contribution in [2.45, 2.75) is 85.2 Å². The molecule has 9 aromatic rings. The monoisotopic (exact) mass is 980 g/mol. The van der Waals surface area contributed by atoms with Gasteiger partial charge in [0, 0.05) is 61.4 Å². The third-order valence-electron chi connectivity index (χ3n) is 13.5. The van der Waals surface area contributed by atoms with Crippen LogP contribution < -0.4 is 18.3 Å². The van der Waals surface area contributed by atoms with Crippen molar-refractivity contribution in [3.05, 3.63) is 162 Å². The Morgan fingerprint density at radius 2 is 1.07 bits per heavy atom. The number of hydrogen-bond acceptors (Lipinski definition) is 11. The molecule has 71 heavy (non-hydrogen) atoms. The second kappa shape index (κ2) is 22.1. The van der Waals surface area contributed by atoms with Crippen molar-refractivity contribution in [2.75, 3.05) is 14.2 Å². The average Bonchev–Trinajstić information content (AvgIpc) is 3.37. The van der Waals surface area contributed by atoms with E-state index >= 15 is 0 Å². The number of pyridine rings is 4. The Morgan fingerprint density at radius 3 is 1.51 bits per heavy atom. The molecule has 0 spiro atoms. The highest BCUT2D eigenvalue weighted by Gasteiger charge is 2.24. The number of rotatable bonds is 9. The van der Waals surface area contributed by atoms with Gasteiger partial charge in [-0.1, -0.05) is 49.6 Å². The summed E-state index contributed by atoms with van der Waals surface area (Å²) in [5.74, 6) is 1.27. The van der Waals surface area contributed by atoms with E-state index in [-0.39, 0.29) is 33.9 Å². The van der Waals surface area contributed by atoms with Crippen molar-refractivity contribution in [3.8, 4) is 22.6 Å². The molecule has 1 saturated carbocycles. The van der Waals surface area contributed by atoms with Crippen LogP contribution in [0, 0.1) is 21.3 Å². The number of hydrogen-bond donors (Lipinski definition) is 4. The normalized spacial score (nSPS) is 12.9. The van der Waals surface area contributed by atoms with Gasteiger partial charge in [-0.3, -0.25) is 4.79 Å². The van der Waals surface area contributed by atoms with Crippen molar-refractivity contribution in [2.24, 2.45) is 0 Å². The van der Waals surface area contributed by atoms with Crippen LogP contribution in [-0.4, -0.2) is 53.6 Å². The zero-order valence-electron chi connectivity index (χ0n) is 40.9. The van der Waals surface area contributed by atoms with Gasteiger partial charge < -0.3 is 46.1 Å². The molecule has 13 nitrogen and oxygen atoms in total. The molecule has 10 rings (SSSR count). The molecule has 370 valence electrons. The SMILES string of the molecule is CC(=O)OS(=O)(=O)[O-].COc1cc2cc[n+]3c(C)c4cc(CO)c(CO)cc4cc3c2cc1-c1ccccc1.COc1cc2cc[n+]3c(C)c4cc(CO)c(CO)cc4cc3c2cc1C1CCCCC1.[CH3-]. The minimum Gasteiger partial charge on any atom is -0.716 e. The minimum absolute atomic E-state index is 0. The summed E-state index contributed by atoms with van der Waals surface area (Å²) < 4.78 is 47.5. The lowest BCUT2D eigenvalue weighted by Crippen LogP contribution is -2.26. The number of ether oxygens (including phenoxy) is 2. The lowest BCUT2D eigenvalue weighted by atomic mass is 9.83. The summed E-state index contributed by atoms with van der Waals surface area (Å²) >= 11 is 0. The number of carbonyl (C=O) groups is 1. The molecule has 5 aromatic carbocycles. The van der Waals surface area contributed by atoms with Gasteiger partial charge in [-0.25, -0.2) is 8.42 Å². The van der Waals surface area contributed by atoms with Crippen LogP contribution >= 0.6 is 0 Å². The van der Waals surface area contributed by atoms with Gasteiger partial charge in [0.2, 0.25) is 11.0 Å². The summed E-state index contributed by atoms with van der Waals surface area (Å²) in [6, 6.07) is 35.7. The third kappa shape index (κ3) is 10.8. The largest absolute Gasteiger partial charge is 0.716 e. The topological polar surface area (TPSA) is 191 Å². The van der Waals surface area contributed by atoms with E-state index in [0.29, 0.717) is 5.92 Å². The van der Waals surface area contributed by atoms with Crippen molar-refractivity contribution in [1.82, 2.24) is 0 Å². The number of benzene rings is 5. The molecular formula is C57H60N2O11S. The van der Waals surface area contributed by atoms with Gasteiger partial charge in [-0.15, -0.1) is 0 Å². The maximum atomic E-state index is 9.77. The molecule has 4 aromatic heterocycles. The van der Waals surface area contributed by atoms with E-state index in [1.165, 1.54) is 48.4 Å². The predicted molar refractivity (Wildman–Crippen MR) is 275 cm³/mol. The summed E-state index contributed by atoms with van der Waals surface area (Å²) in [5, 5.41) is 47.9. The fraction of sp³-hybridized carbons (Fsp3) is 0.263. The van der Waals surface area contributed by atoms with Crippen LogP contribution in [-0.2, 0) is 45.8 Å². The highest BCUT2D eigenvalue weighted by molar-refractivity contribution is 7.81. The van der Waals surface area contributed by atoms with Crippen molar-refractivity contribution in [3.63, 3.8) is 0 Å². The van der Waals surface area contributed by atoms with Gasteiger partial charge in [-0.2, -0.15) is 8.80 Å². The van der Waals surface area contributed by atoms with Crippen LogP contribution in [0.25, 0.3) is 65.3 Å². The second-order valence-corrected chi connectivity index (χ2v) is 18.6. The quantitative estimate of drug-likeness (QED) is 0.0269. The fourth-order valence-electron chi connectivity index (χ4n) is 10.0. The number of nitrogens with zero attached hydrogens (tertiary/aromatic N) is 2. The van der Waals surface area contributed by atoms with E-state index in [2.05, 4.69) is 99.9 Å². The molecule has 1 aliphatic rings. The first-order valence-corrected chi connectivity index (χ1v) is 24.5. The Balaban J connectivity index is 0.000000179. The molecule has 1 fully saturated rings. The number of aryl methyl sites for hydroxylation is 2. The molecule has 0 radical (unpaired) electrons. The summed E-state index contributed by atoms with van der Waals surface area (Å²) in [6.07, 6.45) is 10.6. The lowest BCUT2D eigenvalue weighted by molar-refractivity contribution is -0.517. The fourth-order valence-corrected chi connectivity index (χ4v) is 10.3. The standard InChI is InChI=1S/C27H30NO3.C27H24NO3.C2H4O5S.CH3/c2*1-17-23-11-22(16-30)21(15-29)10-20(23)12-26-24-14-25(18-6-4-3-5-7-18)27(31-2)13-19(24)8-9-28(17)26;1-2(3)7-8(4,5)6;/h8-14,18,29-30H,3-7,15-16H2,1-2H3;3-14,29-30H,15-16H2,1-2H3;1H3,(H,4,5,6);1H3/q2*+1;;-1/p-1. The molecule has 4 heterocycles. The minimum atomic E-state index is -4.82. The number of aliphatic hydroxyl groups excluding tert-OH is 4. The predicted octanol–water partition coefficient (Wildman–Crippen LogP) is 9.24. The Morgan fingerprint density at radius 1 is 0.606 bits per heavy atom. The molecule has 0 aliphatic heterocycles. The molecule has 14 heteroatoms. The van der Waals surface area contributed by atoms with Gasteiger partial charge in [-0.05, 0) is 122 Å². The van der Waals surface area contributed by atoms with E-state index in [1.54, 1.807) is 14.2 Å². The molecule has 1 aliphatic carbocycles. The Kier molecular flexibility index (Phi) is 16.2. The average molecular weight is 981 g/mol. The molecule has 0 saturated heterocycles. The van der Waals surface area contributed by atoms with Gasteiger partial charge in [0.05, 0.1) is 51.4 Å². The van der Waals surface area contributed by atoms with Gasteiger partial charge in [0.25, 0.3) is 10.4 Å². The summed E-state index contributed by atoms with van der Waals surface area (Å²) in [5.41, 5.74) is 11.0. The summed E-state index contributed by atoms with van der Waals surface area (Å²) in [7, 11) is -1.34. The molecule has 0 bridgehead atoms. The van der Waals surface area contributed by atoms with Gasteiger partial charge in [0.15, 0.2) is 23.8 Å². The highest BCUT2D eigenvalue weighted by Crippen LogP contribution is 2.41. The summed E-state index contributed by atoms with van der Waals surface area (Å²) in [6.45, 7) is 4.70. The maximum absolute atomic E-state index is 9.77. The maximum Gasteiger partial charge on any atom is 0.318 e. The Labute approximate surface area is 413 Å². The zero-order chi connectivity index (χ0) is 49.9. The number of fused-ring (bicyclic) bond motifs is 8. The van der Waals surface area contributed by atoms with Gasteiger partial charge in [0.1, 0.15) is 11.5 Å². The van der Waals surface area contributed by atoms with E-state index in [1.807, 2.05) is 42.5 Å². The smallest absolute Gasteiger partial charge is 0.318 e. The Hall–Kier alpha value is -6.78. The van der Waals surface area contributed by atoms with Crippen molar-refractivity contribution < 1.29 is 60.6 Å². The first-order chi connectivity index (χ1) is 33.7. The zero-order valence-corrected chi connectivity index (χ0v) is 41.7. The Bertz CT molecular complexity index is 3560. The second-order valence-electron chi connectivity index (χ2n) is 17.7. The first-order valence-electron chi connectivity index (χ1n) is 23.2. The molecule has 0 unspecified atom stereocenters. The van der Waals surface area contributed by atoms with Crippen LogP contribution in [0.15, 0.2) is 116 Å². The number of carbonyl (C=O) groups excluding carboxylic acids is 1. The first kappa shape index (κ1) is 52.1. The molecular weight excluding hydrogens is 921 g/mol. The molecule has 0 amide bonds. The highest BCUT2D eigenvalue weighted by atomic mass is 32.3. The molecule has 4 N–H and O–H groups in total. The van der Waals surface area contributed by atoms with E-state index in [0.717, 1.165) is 107 Å². The van der Waals surface area contributed by atoms with Gasteiger partial charge >= 0.3 is 5.97 Å². The lowest BCUT2D eigenvalue weighted by Gasteiger charge is -2.24. The van der Waals surface area contributed by atoms with Crippen LogP contribution in [0.1, 0.15) is 84.2 Å². The van der Waals surface area contributed by atoms with Crippen LogP contribution in [0.2, 0.25) is 0 Å². The van der Waals surface area contributed by atoms with E-state index in [4.69, 9.17) is 9.47 Å². The third-order valence-corrected chi connectivity index (χ3v) is 14.0. The summed E-state index contributed by atoms with van der Waals surface area (Å²) in [4.78, 5) is 9.66. The van der Waals surface area contributed by atoms with Crippen LogP contribution in [0.3, 0.4) is 0 Å². The van der Waals surface area contributed by atoms with Crippen molar-refractivity contribution in [1.29, 1.82) is 0 Å². The van der Waals surface area contributed by atoms with E-state index < -0.39 is 16.4 Å². The molecule has 0 atom stereocenters. The van der Waals surface area contributed by atoms with Crippen LogP contribution in [0.5, 0.6) is 11.5 Å². The number of aromatic nitrogens is 2. The number of methoxy groups -OCH3 is 2. The van der Waals surface area contributed by atoms with E-state index in [9.17, 15) is 38.2 Å². The van der Waals surface area contributed by atoms with Crippen LogP contribution in [0.4, 0.5) is 0 Å². The number of aliphatic hydroxyl groups is 4.